The summed E-state index contributed by atoms with van der Waals surface area (Å²) in [6.45, 7) is 0.829. The molecule has 3 aromatic rings. The number of ether oxygens (including phenoxy) is 1. The molecule has 1 aliphatic rings. The smallest absolute Gasteiger partial charge is 0.271 e. The summed E-state index contributed by atoms with van der Waals surface area (Å²) < 4.78 is 19.3. The number of aromatic nitrogens is 1. The number of nitrogens with one attached hydrogen (secondary N) is 1. The molecule has 2 aromatic carbocycles. The average molecular weight is 503 g/mol. The second-order valence-electron chi connectivity index (χ2n) is 8.38. The highest BCUT2D eigenvalue weighted by atomic mass is 19.1. The molecule has 0 aliphatic carbocycles. The fourth-order valence-electron chi connectivity index (χ4n) is 4.06. The van der Waals surface area contributed by atoms with E-state index in [1.54, 1.807) is 6.21 Å². The molecule has 188 valence electrons. The number of anilines is 1. The highest BCUT2D eigenvalue weighted by Crippen LogP contribution is 2.38. The number of methoxy groups -OCH3 is 1. The van der Waals surface area contributed by atoms with Crippen LogP contribution in [0.1, 0.15) is 28.8 Å². The van der Waals surface area contributed by atoms with E-state index in [-0.39, 0.29) is 45.5 Å². The number of amides is 1. The number of hydrogen-bond acceptors (Lipinski definition) is 8. The lowest BCUT2D eigenvalue weighted by Crippen LogP contribution is -2.27. The van der Waals surface area contributed by atoms with E-state index in [1.165, 1.54) is 55.7 Å². The maximum absolute atomic E-state index is 14.4. The summed E-state index contributed by atoms with van der Waals surface area (Å²) in [6.07, 6.45) is 6.30. The number of rotatable bonds is 7. The highest BCUT2D eigenvalue weighted by molar-refractivity contribution is 6.11. The number of nitriles is 1. The first-order valence-corrected chi connectivity index (χ1v) is 11.4. The van der Waals surface area contributed by atoms with Gasteiger partial charge in [0.2, 0.25) is 0 Å². The molecule has 1 N–H and O–H groups in total. The van der Waals surface area contributed by atoms with Gasteiger partial charge in [-0.05, 0) is 37.6 Å². The molecule has 0 saturated carbocycles. The minimum absolute atomic E-state index is 0.0152. The van der Waals surface area contributed by atoms with Crippen molar-refractivity contribution in [2.75, 3.05) is 25.6 Å². The topological polar surface area (TPSA) is 134 Å². The lowest BCUT2D eigenvalue weighted by atomic mass is 9.98. The second-order valence-corrected chi connectivity index (χ2v) is 8.38. The summed E-state index contributed by atoms with van der Waals surface area (Å²) in [7, 11) is 2.77. The van der Waals surface area contributed by atoms with Crippen LogP contribution in [0.5, 0.6) is 5.75 Å². The van der Waals surface area contributed by atoms with Crippen molar-refractivity contribution in [3.8, 4) is 22.9 Å². The van der Waals surface area contributed by atoms with Gasteiger partial charge in [0.05, 0.1) is 28.8 Å². The number of nitro benzene ring substituents is 1. The van der Waals surface area contributed by atoms with Crippen molar-refractivity contribution >= 4 is 29.2 Å². The van der Waals surface area contributed by atoms with E-state index in [4.69, 9.17) is 4.74 Å². The predicted molar refractivity (Wildman–Crippen MR) is 136 cm³/mol. The van der Waals surface area contributed by atoms with E-state index in [0.717, 1.165) is 31.5 Å². The molecule has 1 amide bonds. The van der Waals surface area contributed by atoms with Gasteiger partial charge in [0.1, 0.15) is 6.07 Å². The maximum Gasteiger partial charge on any atom is 0.271 e. The van der Waals surface area contributed by atoms with E-state index < -0.39 is 16.6 Å². The predicted octanol–water partition coefficient (Wildman–Crippen LogP) is 4.41. The normalized spacial score (nSPS) is 14.9. The van der Waals surface area contributed by atoms with Gasteiger partial charge in [-0.3, -0.25) is 24.9 Å². The third-order valence-electron chi connectivity index (χ3n) is 6.02. The van der Waals surface area contributed by atoms with Crippen molar-refractivity contribution in [1.29, 1.82) is 5.26 Å². The number of nitro groups is 1. The Morgan fingerprint density at radius 2 is 2.16 bits per heavy atom. The van der Waals surface area contributed by atoms with Crippen LogP contribution in [0.25, 0.3) is 11.1 Å². The molecular weight excluding hydrogens is 479 g/mol. The van der Waals surface area contributed by atoms with Crippen molar-refractivity contribution in [1.82, 2.24) is 10.3 Å². The van der Waals surface area contributed by atoms with Crippen LogP contribution in [0, 0.1) is 27.3 Å². The fourth-order valence-corrected chi connectivity index (χ4v) is 4.06. The molecule has 1 aliphatic heterocycles. The molecule has 1 unspecified atom stereocenters. The zero-order valence-corrected chi connectivity index (χ0v) is 20.1. The molecule has 0 spiro atoms. The molecule has 4 rings (SSSR count). The van der Waals surface area contributed by atoms with Crippen LogP contribution in [-0.2, 0) is 0 Å². The van der Waals surface area contributed by atoms with Gasteiger partial charge >= 0.3 is 0 Å². The van der Waals surface area contributed by atoms with Gasteiger partial charge in [-0.2, -0.15) is 5.26 Å². The van der Waals surface area contributed by atoms with Crippen molar-refractivity contribution in [3.63, 3.8) is 0 Å². The maximum atomic E-state index is 14.4. The molecule has 11 heteroatoms. The Kier molecular flexibility index (Phi) is 7.50. The van der Waals surface area contributed by atoms with Crippen LogP contribution in [0.3, 0.4) is 0 Å². The fraction of sp³-hybridized carbons (Fsp3) is 0.231. The van der Waals surface area contributed by atoms with Gasteiger partial charge in [-0.1, -0.05) is 0 Å². The highest BCUT2D eigenvalue weighted by Gasteiger charge is 2.26. The van der Waals surface area contributed by atoms with Gasteiger partial charge in [0.15, 0.2) is 11.6 Å². The number of aliphatic imine (C=N–C) groups is 1. The number of carbonyl (C=O) groups is 1. The summed E-state index contributed by atoms with van der Waals surface area (Å²) >= 11 is 0. The summed E-state index contributed by atoms with van der Waals surface area (Å²) in [5.74, 6) is -1.28. The third-order valence-corrected chi connectivity index (χ3v) is 6.02. The quantitative estimate of drug-likeness (QED) is 0.287. The number of pyridine rings is 1. The van der Waals surface area contributed by atoms with Gasteiger partial charge in [0.25, 0.3) is 11.6 Å². The summed E-state index contributed by atoms with van der Waals surface area (Å²) in [4.78, 5) is 34.8. The largest absolute Gasteiger partial charge is 0.494 e. The van der Waals surface area contributed by atoms with Crippen LogP contribution in [0.4, 0.5) is 21.5 Å². The third kappa shape index (κ3) is 5.44. The van der Waals surface area contributed by atoms with Crippen molar-refractivity contribution < 1.29 is 18.8 Å². The van der Waals surface area contributed by atoms with E-state index >= 15 is 0 Å². The lowest BCUT2D eigenvalue weighted by molar-refractivity contribution is -0.384. The van der Waals surface area contributed by atoms with Gasteiger partial charge < -0.3 is 15.0 Å². The van der Waals surface area contributed by atoms with Crippen molar-refractivity contribution in [3.05, 3.63) is 75.9 Å². The minimum Gasteiger partial charge on any atom is -0.494 e. The van der Waals surface area contributed by atoms with E-state index in [2.05, 4.69) is 15.3 Å². The molecule has 1 saturated heterocycles. The van der Waals surface area contributed by atoms with Crippen molar-refractivity contribution in [2.24, 2.45) is 4.99 Å². The number of non-ortho nitro benzene ring substituents is 1. The molecule has 0 radical (unpaired) electrons. The molecule has 1 aromatic heterocycles. The molecular formula is C26H23FN6O4. The Bertz CT molecular complexity index is 1430. The van der Waals surface area contributed by atoms with Crippen LogP contribution in [0.15, 0.2) is 53.8 Å². The molecule has 10 nitrogen and oxygen atoms in total. The first-order valence-electron chi connectivity index (χ1n) is 11.4. The van der Waals surface area contributed by atoms with Gasteiger partial charge in [-0.15, -0.1) is 0 Å². The lowest BCUT2D eigenvalue weighted by Gasteiger charge is -2.20. The number of nitrogens with zero attached hydrogens (tertiary/aromatic N) is 5. The zero-order chi connectivity index (χ0) is 26.5. The molecule has 1 fully saturated rings. The SMILES string of the molecule is COc1ccc(N(C)C(=O)c2cc([N+](=O)[O-])cc(-c3cncc(C#N)c3)c2N=CC2CCCN2)cc1F. The summed E-state index contributed by atoms with van der Waals surface area (Å²) in [5, 5.41) is 24.4. The zero-order valence-electron chi connectivity index (χ0n) is 20.1. The molecule has 0 bridgehead atoms. The van der Waals surface area contributed by atoms with Crippen LogP contribution in [-0.4, -0.2) is 48.8 Å². The Morgan fingerprint density at radius 1 is 1.35 bits per heavy atom. The van der Waals surface area contributed by atoms with Crippen LogP contribution in [0.2, 0.25) is 0 Å². The molecule has 37 heavy (non-hydrogen) atoms. The van der Waals surface area contributed by atoms with Crippen molar-refractivity contribution in [2.45, 2.75) is 18.9 Å². The number of hydrogen-bond donors (Lipinski definition) is 1. The standard InChI is InChI=1S/C26H23FN6O4/c1-32(19-5-6-24(37-2)23(27)11-19)26(34)22-10-20(33(35)36)9-21(17-8-16(12-28)13-29-14-17)25(22)31-15-18-4-3-7-30-18/h5-6,8-11,13-15,18,30H,3-4,7H2,1-2H3. The minimum atomic E-state index is -0.663. The Labute approximate surface area is 212 Å². The summed E-state index contributed by atoms with van der Waals surface area (Å²) in [6, 6.07) is 9.98. The van der Waals surface area contributed by atoms with Crippen LogP contribution >= 0.6 is 0 Å². The Morgan fingerprint density at radius 3 is 2.81 bits per heavy atom. The first-order chi connectivity index (χ1) is 17.8. The van der Waals surface area contributed by atoms with Gasteiger partial charge in [-0.25, -0.2) is 4.39 Å². The Balaban J connectivity index is 1.90. The van der Waals surface area contributed by atoms with Crippen LogP contribution < -0.4 is 15.0 Å². The summed E-state index contributed by atoms with van der Waals surface area (Å²) in [5.41, 5.74) is 0.911. The first kappa shape index (κ1) is 25.4. The number of carbonyl (C=O) groups excluding carboxylic acids is 1. The van der Waals surface area contributed by atoms with E-state index in [1.807, 2.05) is 6.07 Å². The number of halogens is 1. The molecule has 2 heterocycles. The number of benzene rings is 2. The monoisotopic (exact) mass is 502 g/mol. The van der Waals surface area contributed by atoms with Gasteiger partial charge in [0, 0.05) is 66.7 Å². The van der Waals surface area contributed by atoms with E-state index in [9.17, 15) is 24.6 Å². The average Bonchev–Trinajstić information content (AvgIpc) is 3.44. The second kappa shape index (κ2) is 10.9. The molecule has 1 atom stereocenters. The van der Waals surface area contributed by atoms with E-state index in [0.29, 0.717) is 5.56 Å². The Hall–Kier alpha value is -4.69.